The molecular formula is C19H28FNO3. The SMILES string of the molecule is CCc1ccc(N2CCC(O)(CC(=O)OC(C)(C)C)CC2)c(F)c1. The quantitative estimate of drug-likeness (QED) is 0.855. The zero-order chi connectivity index (χ0) is 18.0. The van der Waals surface area contributed by atoms with Crippen molar-refractivity contribution in [1.82, 2.24) is 0 Å². The molecule has 5 heteroatoms. The van der Waals surface area contributed by atoms with Crippen LogP contribution in [0.1, 0.15) is 52.5 Å². The maximum Gasteiger partial charge on any atom is 0.309 e. The van der Waals surface area contributed by atoms with Gasteiger partial charge in [-0.05, 0) is 57.7 Å². The third-order valence-electron chi connectivity index (χ3n) is 4.35. The Morgan fingerprint density at radius 2 is 1.96 bits per heavy atom. The fourth-order valence-corrected chi connectivity index (χ4v) is 3.01. The van der Waals surface area contributed by atoms with Gasteiger partial charge in [0.25, 0.3) is 0 Å². The van der Waals surface area contributed by atoms with E-state index in [1.807, 2.05) is 17.9 Å². The maximum atomic E-state index is 14.2. The van der Waals surface area contributed by atoms with Gasteiger partial charge in [-0.15, -0.1) is 0 Å². The molecule has 0 unspecified atom stereocenters. The van der Waals surface area contributed by atoms with Gasteiger partial charge < -0.3 is 14.7 Å². The molecule has 0 bridgehead atoms. The smallest absolute Gasteiger partial charge is 0.309 e. The number of aliphatic hydroxyl groups is 1. The molecule has 1 N–H and O–H groups in total. The van der Waals surface area contributed by atoms with E-state index in [1.165, 1.54) is 0 Å². The first-order chi connectivity index (χ1) is 11.1. The highest BCUT2D eigenvalue weighted by Crippen LogP contribution is 2.31. The Morgan fingerprint density at radius 3 is 2.46 bits per heavy atom. The minimum absolute atomic E-state index is 0.0185. The predicted molar refractivity (Wildman–Crippen MR) is 92.6 cm³/mol. The van der Waals surface area contributed by atoms with Crippen LogP contribution in [-0.4, -0.2) is 35.4 Å². The van der Waals surface area contributed by atoms with Crippen LogP contribution in [0, 0.1) is 5.82 Å². The number of carbonyl (C=O) groups excluding carboxylic acids is 1. The van der Waals surface area contributed by atoms with Crippen LogP contribution in [0.25, 0.3) is 0 Å². The summed E-state index contributed by atoms with van der Waals surface area (Å²) in [5, 5.41) is 10.6. The predicted octanol–water partition coefficient (Wildman–Crippen LogP) is 3.45. The van der Waals surface area contributed by atoms with E-state index in [-0.39, 0.29) is 12.2 Å². The van der Waals surface area contributed by atoms with E-state index >= 15 is 0 Å². The monoisotopic (exact) mass is 337 g/mol. The number of hydrogen-bond acceptors (Lipinski definition) is 4. The summed E-state index contributed by atoms with van der Waals surface area (Å²) in [5.74, 6) is -0.621. The minimum atomic E-state index is -1.07. The topological polar surface area (TPSA) is 49.8 Å². The molecule has 1 saturated heterocycles. The van der Waals surface area contributed by atoms with Crippen LogP contribution < -0.4 is 4.90 Å². The van der Waals surface area contributed by atoms with E-state index in [1.54, 1.807) is 32.9 Å². The molecule has 0 spiro atoms. The fourth-order valence-electron chi connectivity index (χ4n) is 3.01. The molecule has 0 amide bonds. The number of carbonyl (C=O) groups is 1. The molecule has 0 saturated carbocycles. The lowest BCUT2D eigenvalue weighted by Crippen LogP contribution is -2.46. The van der Waals surface area contributed by atoms with Crippen LogP contribution in [0.5, 0.6) is 0 Å². The van der Waals surface area contributed by atoms with Crippen LogP contribution in [0.15, 0.2) is 18.2 Å². The molecule has 1 aromatic carbocycles. The third-order valence-corrected chi connectivity index (χ3v) is 4.35. The van der Waals surface area contributed by atoms with Gasteiger partial charge in [0.1, 0.15) is 11.4 Å². The molecule has 1 heterocycles. The summed E-state index contributed by atoms with van der Waals surface area (Å²) in [6, 6.07) is 5.29. The number of ether oxygens (including phenoxy) is 1. The minimum Gasteiger partial charge on any atom is -0.460 e. The lowest BCUT2D eigenvalue weighted by Gasteiger charge is -2.39. The molecule has 2 rings (SSSR count). The maximum absolute atomic E-state index is 14.2. The van der Waals surface area contributed by atoms with Crippen LogP contribution in [-0.2, 0) is 16.0 Å². The van der Waals surface area contributed by atoms with E-state index in [4.69, 9.17) is 4.74 Å². The summed E-state index contributed by atoms with van der Waals surface area (Å²) in [5.41, 5.74) is -0.0991. The van der Waals surface area contributed by atoms with Crippen molar-refractivity contribution in [2.24, 2.45) is 0 Å². The Labute approximate surface area is 143 Å². The highest BCUT2D eigenvalue weighted by atomic mass is 19.1. The van der Waals surface area contributed by atoms with Crippen molar-refractivity contribution in [3.05, 3.63) is 29.6 Å². The van der Waals surface area contributed by atoms with Crippen molar-refractivity contribution in [2.75, 3.05) is 18.0 Å². The van der Waals surface area contributed by atoms with Gasteiger partial charge in [0.15, 0.2) is 0 Å². The number of anilines is 1. The number of halogens is 1. The summed E-state index contributed by atoms with van der Waals surface area (Å²) in [7, 11) is 0. The van der Waals surface area contributed by atoms with Crippen molar-refractivity contribution in [3.63, 3.8) is 0 Å². The van der Waals surface area contributed by atoms with Gasteiger partial charge in [0, 0.05) is 13.1 Å². The van der Waals surface area contributed by atoms with Gasteiger partial charge >= 0.3 is 5.97 Å². The molecular weight excluding hydrogens is 309 g/mol. The molecule has 0 aliphatic carbocycles. The average Bonchev–Trinajstić information content (AvgIpc) is 2.46. The van der Waals surface area contributed by atoms with Crippen LogP contribution in [0.2, 0.25) is 0 Å². The number of piperidine rings is 1. The number of nitrogens with zero attached hydrogens (tertiary/aromatic N) is 1. The lowest BCUT2D eigenvalue weighted by molar-refractivity contribution is -0.161. The normalized spacial score (nSPS) is 17.7. The molecule has 1 aliphatic rings. The van der Waals surface area contributed by atoms with Crippen LogP contribution >= 0.6 is 0 Å². The molecule has 0 atom stereocenters. The van der Waals surface area contributed by atoms with Gasteiger partial charge in [0.05, 0.1) is 17.7 Å². The summed E-state index contributed by atoms with van der Waals surface area (Å²) < 4.78 is 19.5. The van der Waals surface area contributed by atoms with Gasteiger partial charge in [-0.2, -0.15) is 0 Å². The molecule has 1 fully saturated rings. The number of aryl methyl sites for hydroxylation is 1. The Kier molecular flexibility index (Phi) is 5.53. The fraction of sp³-hybridized carbons (Fsp3) is 0.632. The van der Waals surface area contributed by atoms with Crippen molar-refractivity contribution in [3.8, 4) is 0 Å². The Hall–Kier alpha value is -1.62. The van der Waals surface area contributed by atoms with Gasteiger partial charge in [-0.25, -0.2) is 4.39 Å². The standard InChI is InChI=1S/C19H28FNO3/c1-5-14-6-7-16(15(20)12-14)21-10-8-19(23,9-11-21)13-17(22)24-18(2,3)4/h6-7,12,23H,5,8-11,13H2,1-4H3. The highest BCUT2D eigenvalue weighted by Gasteiger charge is 2.36. The molecule has 0 radical (unpaired) electrons. The second-order valence-electron chi connectivity index (χ2n) is 7.61. The van der Waals surface area contributed by atoms with E-state index in [2.05, 4.69) is 0 Å². The first-order valence-corrected chi connectivity index (χ1v) is 8.59. The van der Waals surface area contributed by atoms with Gasteiger partial charge in [0.2, 0.25) is 0 Å². The Balaban J connectivity index is 1.96. The number of benzene rings is 1. The number of rotatable bonds is 4. The van der Waals surface area contributed by atoms with E-state index in [0.717, 1.165) is 12.0 Å². The van der Waals surface area contributed by atoms with E-state index in [0.29, 0.717) is 31.6 Å². The first-order valence-electron chi connectivity index (χ1n) is 8.59. The Bertz CT molecular complexity index is 587. The van der Waals surface area contributed by atoms with Crippen molar-refractivity contribution >= 4 is 11.7 Å². The number of hydrogen-bond donors (Lipinski definition) is 1. The highest BCUT2D eigenvalue weighted by molar-refractivity contribution is 5.71. The summed E-state index contributed by atoms with van der Waals surface area (Å²) in [6.07, 6.45) is 1.62. The second kappa shape index (κ2) is 7.09. The zero-order valence-corrected chi connectivity index (χ0v) is 15.1. The van der Waals surface area contributed by atoms with Crippen LogP contribution in [0.3, 0.4) is 0 Å². The van der Waals surface area contributed by atoms with Gasteiger partial charge in [-0.3, -0.25) is 4.79 Å². The van der Waals surface area contributed by atoms with Crippen molar-refractivity contribution in [2.45, 2.75) is 64.6 Å². The molecule has 1 aromatic rings. The molecule has 134 valence electrons. The Morgan fingerprint density at radius 1 is 1.33 bits per heavy atom. The number of esters is 1. The molecule has 0 aromatic heterocycles. The average molecular weight is 337 g/mol. The zero-order valence-electron chi connectivity index (χ0n) is 15.1. The molecule has 24 heavy (non-hydrogen) atoms. The summed E-state index contributed by atoms with van der Waals surface area (Å²) >= 11 is 0. The van der Waals surface area contributed by atoms with Crippen molar-refractivity contribution in [1.29, 1.82) is 0 Å². The van der Waals surface area contributed by atoms with Crippen LogP contribution in [0.4, 0.5) is 10.1 Å². The summed E-state index contributed by atoms with van der Waals surface area (Å²) in [6.45, 7) is 8.44. The third kappa shape index (κ3) is 4.94. The van der Waals surface area contributed by atoms with E-state index < -0.39 is 17.2 Å². The van der Waals surface area contributed by atoms with E-state index in [9.17, 15) is 14.3 Å². The molecule has 4 nitrogen and oxygen atoms in total. The second-order valence-corrected chi connectivity index (χ2v) is 7.61. The van der Waals surface area contributed by atoms with Crippen molar-refractivity contribution < 1.29 is 19.0 Å². The lowest BCUT2D eigenvalue weighted by atomic mass is 9.88. The van der Waals surface area contributed by atoms with Gasteiger partial charge in [-0.1, -0.05) is 13.0 Å². The summed E-state index contributed by atoms with van der Waals surface area (Å²) in [4.78, 5) is 13.9. The largest absolute Gasteiger partial charge is 0.460 e. The molecule has 1 aliphatic heterocycles. The first kappa shape index (κ1) is 18.7.